The lowest BCUT2D eigenvalue weighted by Gasteiger charge is -2.11. The Morgan fingerprint density at radius 3 is 2.31 bits per heavy atom. The van der Waals surface area contributed by atoms with Gasteiger partial charge in [0.05, 0.1) is 11.1 Å². The quantitative estimate of drug-likeness (QED) is 0.463. The van der Waals surface area contributed by atoms with Gasteiger partial charge in [0.1, 0.15) is 0 Å². The van der Waals surface area contributed by atoms with Crippen LogP contribution >= 0.6 is 0 Å². The standard InChI is InChI=1S/C23H16N4O2/c1-15-9-5-8-14-19(15)27-23(28)18-13-7-6-12-17(18)20(25-27)22-24-21(26-29-22)16-10-3-2-4-11-16/h2-14H,1H3. The van der Waals surface area contributed by atoms with E-state index >= 15 is 0 Å². The number of hydrogen-bond donors (Lipinski definition) is 0. The van der Waals surface area contributed by atoms with E-state index in [1.807, 2.05) is 79.7 Å². The molecule has 0 aliphatic heterocycles. The van der Waals surface area contributed by atoms with Crippen molar-refractivity contribution in [2.24, 2.45) is 0 Å². The smallest absolute Gasteiger partial charge is 0.279 e. The first-order chi connectivity index (χ1) is 14.2. The van der Waals surface area contributed by atoms with Crippen molar-refractivity contribution in [1.82, 2.24) is 19.9 Å². The van der Waals surface area contributed by atoms with E-state index in [1.165, 1.54) is 4.68 Å². The molecule has 0 atom stereocenters. The first-order valence-corrected chi connectivity index (χ1v) is 9.20. The van der Waals surface area contributed by atoms with Gasteiger partial charge in [-0.25, -0.2) is 0 Å². The number of aryl methyl sites for hydroxylation is 1. The highest BCUT2D eigenvalue weighted by atomic mass is 16.5. The molecule has 140 valence electrons. The summed E-state index contributed by atoms with van der Waals surface area (Å²) in [6.07, 6.45) is 0. The molecule has 0 amide bonds. The van der Waals surface area contributed by atoms with Crippen LogP contribution in [0.1, 0.15) is 5.56 Å². The van der Waals surface area contributed by atoms with Gasteiger partial charge in [0, 0.05) is 10.9 Å². The largest absolute Gasteiger partial charge is 0.332 e. The number of benzene rings is 3. The third-order valence-electron chi connectivity index (χ3n) is 4.81. The molecule has 5 rings (SSSR count). The SMILES string of the molecule is Cc1ccccc1-n1nc(-c2nc(-c3ccccc3)no2)c2ccccc2c1=O. The fraction of sp³-hybridized carbons (Fsp3) is 0.0435. The zero-order valence-electron chi connectivity index (χ0n) is 15.6. The van der Waals surface area contributed by atoms with E-state index in [0.717, 1.165) is 11.1 Å². The van der Waals surface area contributed by atoms with Gasteiger partial charge in [-0.3, -0.25) is 4.79 Å². The van der Waals surface area contributed by atoms with Gasteiger partial charge in [0.15, 0.2) is 5.69 Å². The van der Waals surface area contributed by atoms with E-state index in [9.17, 15) is 4.79 Å². The first kappa shape index (κ1) is 17.1. The molecule has 0 saturated carbocycles. The molecular weight excluding hydrogens is 364 g/mol. The third kappa shape index (κ3) is 2.91. The van der Waals surface area contributed by atoms with E-state index < -0.39 is 0 Å². The maximum absolute atomic E-state index is 13.1. The van der Waals surface area contributed by atoms with Crippen LogP contribution < -0.4 is 5.56 Å². The maximum atomic E-state index is 13.1. The van der Waals surface area contributed by atoms with Crippen molar-refractivity contribution in [2.45, 2.75) is 6.92 Å². The van der Waals surface area contributed by atoms with Crippen LogP contribution in [-0.4, -0.2) is 19.9 Å². The summed E-state index contributed by atoms with van der Waals surface area (Å²) in [6.45, 7) is 1.94. The minimum Gasteiger partial charge on any atom is -0.332 e. The van der Waals surface area contributed by atoms with Crippen molar-refractivity contribution in [3.63, 3.8) is 0 Å². The Morgan fingerprint density at radius 1 is 0.828 bits per heavy atom. The fourth-order valence-electron chi connectivity index (χ4n) is 3.34. The number of aromatic nitrogens is 4. The predicted octanol–water partition coefficient (Wildman–Crippen LogP) is 4.41. The Bertz CT molecular complexity index is 1390. The first-order valence-electron chi connectivity index (χ1n) is 9.20. The molecule has 0 aliphatic carbocycles. The Labute approximate surface area is 166 Å². The molecule has 0 fully saturated rings. The highest BCUT2D eigenvalue weighted by Gasteiger charge is 2.19. The van der Waals surface area contributed by atoms with Gasteiger partial charge in [-0.1, -0.05) is 71.9 Å². The van der Waals surface area contributed by atoms with Crippen LogP contribution in [0.4, 0.5) is 0 Å². The molecule has 29 heavy (non-hydrogen) atoms. The number of para-hydroxylation sites is 1. The van der Waals surface area contributed by atoms with Gasteiger partial charge in [0.2, 0.25) is 5.82 Å². The van der Waals surface area contributed by atoms with E-state index in [-0.39, 0.29) is 11.4 Å². The van der Waals surface area contributed by atoms with Gasteiger partial charge in [0.25, 0.3) is 11.4 Å². The zero-order valence-corrected chi connectivity index (χ0v) is 15.6. The molecule has 5 aromatic rings. The van der Waals surface area contributed by atoms with Crippen LogP contribution in [0.15, 0.2) is 88.2 Å². The van der Waals surface area contributed by atoms with Crippen LogP contribution in [0.3, 0.4) is 0 Å². The van der Waals surface area contributed by atoms with Crippen LogP contribution in [0, 0.1) is 6.92 Å². The average molecular weight is 380 g/mol. The number of nitrogens with zero attached hydrogens (tertiary/aromatic N) is 4. The monoisotopic (exact) mass is 380 g/mol. The summed E-state index contributed by atoms with van der Waals surface area (Å²) in [5.74, 6) is 0.738. The van der Waals surface area contributed by atoms with Crippen molar-refractivity contribution in [3.05, 3.63) is 94.8 Å². The summed E-state index contributed by atoms with van der Waals surface area (Å²) in [5, 5.41) is 9.93. The van der Waals surface area contributed by atoms with Crippen molar-refractivity contribution >= 4 is 10.8 Å². The normalized spacial score (nSPS) is 11.1. The number of fused-ring (bicyclic) bond motifs is 1. The highest BCUT2D eigenvalue weighted by Crippen LogP contribution is 2.26. The lowest BCUT2D eigenvalue weighted by molar-refractivity contribution is 0.430. The van der Waals surface area contributed by atoms with Gasteiger partial charge in [-0.15, -0.1) is 0 Å². The van der Waals surface area contributed by atoms with Crippen LogP contribution in [0.5, 0.6) is 0 Å². The summed E-state index contributed by atoms with van der Waals surface area (Å²) in [6, 6.07) is 24.5. The Morgan fingerprint density at radius 2 is 1.52 bits per heavy atom. The molecule has 0 aliphatic rings. The summed E-state index contributed by atoms with van der Waals surface area (Å²) >= 11 is 0. The van der Waals surface area contributed by atoms with Gasteiger partial charge < -0.3 is 4.52 Å². The van der Waals surface area contributed by atoms with E-state index in [4.69, 9.17) is 4.52 Å². The summed E-state index contributed by atoms with van der Waals surface area (Å²) in [7, 11) is 0. The lowest BCUT2D eigenvalue weighted by Crippen LogP contribution is -2.23. The molecular formula is C23H16N4O2. The Kier molecular flexibility index (Phi) is 4.02. The van der Waals surface area contributed by atoms with Crippen molar-refractivity contribution in [1.29, 1.82) is 0 Å². The second-order valence-electron chi connectivity index (χ2n) is 6.69. The van der Waals surface area contributed by atoms with E-state index in [2.05, 4.69) is 15.2 Å². The minimum atomic E-state index is -0.193. The molecule has 0 spiro atoms. The molecule has 0 saturated heterocycles. The van der Waals surface area contributed by atoms with E-state index in [0.29, 0.717) is 28.0 Å². The van der Waals surface area contributed by atoms with Crippen molar-refractivity contribution in [3.8, 4) is 28.7 Å². The van der Waals surface area contributed by atoms with Crippen LogP contribution in [0.25, 0.3) is 39.4 Å². The molecule has 6 heteroatoms. The number of rotatable bonds is 3. The van der Waals surface area contributed by atoms with Gasteiger partial charge in [-0.05, 0) is 24.6 Å². The molecule has 0 radical (unpaired) electrons. The Balaban J connectivity index is 1.77. The van der Waals surface area contributed by atoms with Crippen LogP contribution in [-0.2, 0) is 0 Å². The highest BCUT2D eigenvalue weighted by molar-refractivity contribution is 5.92. The molecule has 6 nitrogen and oxygen atoms in total. The molecule has 3 aromatic carbocycles. The summed E-state index contributed by atoms with van der Waals surface area (Å²) < 4.78 is 6.94. The minimum absolute atomic E-state index is 0.193. The lowest BCUT2D eigenvalue weighted by atomic mass is 10.1. The van der Waals surface area contributed by atoms with Crippen molar-refractivity contribution in [2.75, 3.05) is 0 Å². The Hall–Kier alpha value is -4.06. The average Bonchev–Trinajstić information content (AvgIpc) is 3.26. The predicted molar refractivity (Wildman–Crippen MR) is 111 cm³/mol. The fourth-order valence-corrected chi connectivity index (χ4v) is 3.34. The van der Waals surface area contributed by atoms with E-state index in [1.54, 1.807) is 6.07 Å². The van der Waals surface area contributed by atoms with Gasteiger partial charge >= 0.3 is 0 Å². The molecule has 0 unspecified atom stereocenters. The molecule has 0 N–H and O–H groups in total. The summed E-state index contributed by atoms with van der Waals surface area (Å²) in [5.41, 5.74) is 2.78. The maximum Gasteiger partial charge on any atom is 0.279 e. The van der Waals surface area contributed by atoms with Crippen LogP contribution in [0.2, 0.25) is 0 Å². The topological polar surface area (TPSA) is 73.8 Å². The molecule has 2 heterocycles. The zero-order chi connectivity index (χ0) is 19.8. The molecule has 2 aromatic heterocycles. The number of hydrogen-bond acceptors (Lipinski definition) is 5. The second kappa shape index (κ2) is 6.83. The van der Waals surface area contributed by atoms with Crippen molar-refractivity contribution < 1.29 is 4.52 Å². The summed E-state index contributed by atoms with van der Waals surface area (Å²) in [4.78, 5) is 17.7. The molecule has 0 bridgehead atoms. The second-order valence-corrected chi connectivity index (χ2v) is 6.69. The third-order valence-corrected chi connectivity index (χ3v) is 4.81. The van der Waals surface area contributed by atoms with Gasteiger partial charge in [-0.2, -0.15) is 14.8 Å².